The second kappa shape index (κ2) is 4.02. The van der Waals surface area contributed by atoms with E-state index in [4.69, 9.17) is 0 Å². The van der Waals surface area contributed by atoms with Gasteiger partial charge >= 0.3 is 0 Å². The summed E-state index contributed by atoms with van der Waals surface area (Å²) in [4.78, 5) is 0. The lowest BCUT2D eigenvalue weighted by Crippen LogP contribution is -2.13. The van der Waals surface area contributed by atoms with Gasteiger partial charge in [-0.25, -0.2) is 8.78 Å². The second-order valence-electron chi connectivity index (χ2n) is 5.22. The van der Waals surface area contributed by atoms with Crippen molar-refractivity contribution < 1.29 is 13.9 Å². The fraction of sp³-hybridized carbons (Fsp3) is 0.538. The van der Waals surface area contributed by atoms with Crippen LogP contribution >= 0.6 is 15.9 Å². The van der Waals surface area contributed by atoms with Crippen LogP contribution in [0.25, 0.3) is 0 Å². The summed E-state index contributed by atoms with van der Waals surface area (Å²) in [7, 11) is 0. The van der Waals surface area contributed by atoms with E-state index in [1.54, 1.807) is 0 Å². The van der Waals surface area contributed by atoms with Crippen molar-refractivity contribution in [2.24, 2.45) is 17.8 Å². The molecule has 2 aliphatic rings. The molecular weight excluding hydrogens is 290 g/mol. The van der Waals surface area contributed by atoms with Crippen LogP contribution in [0.15, 0.2) is 16.6 Å². The molecule has 0 amide bonds. The van der Waals surface area contributed by atoms with E-state index in [9.17, 15) is 13.9 Å². The van der Waals surface area contributed by atoms with Gasteiger partial charge in [-0.2, -0.15) is 0 Å². The number of rotatable bonds is 2. The van der Waals surface area contributed by atoms with Crippen LogP contribution in [0.1, 0.15) is 30.9 Å². The van der Waals surface area contributed by atoms with Crippen molar-refractivity contribution in [3.8, 4) is 0 Å². The molecule has 4 heteroatoms. The first-order valence-corrected chi connectivity index (χ1v) is 6.68. The van der Waals surface area contributed by atoms with E-state index in [1.165, 1.54) is 6.42 Å². The van der Waals surface area contributed by atoms with Crippen molar-refractivity contribution in [1.29, 1.82) is 0 Å². The zero-order valence-corrected chi connectivity index (χ0v) is 10.8. The average molecular weight is 303 g/mol. The summed E-state index contributed by atoms with van der Waals surface area (Å²) in [5.41, 5.74) is 0.0944. The van der Waals surface area contributed by atoms with Gasteiger partial charge in [-0.3, -0.25) is 0 Å². The molecule has 1 nitrogen and oxygen atoms in total. The van der Waals surface area contributed by atoms with E-state index in [-0.39, 0.29) is 16.0 Å². The number of hydrogen-bond donors (Lipinski definition) is 1. The number of aliphatic hydroxyl groups is 1. The predicted octanol–water partition coefficient (Wildman–Crippen LogP) is 3.81. The Morgan fingerprint density at radius 3 is 2.41 bits per heavy atom. The van der Waals surface area contributed by atoms with Crippen LogP contribution in [0.2, 0.25) is 0 Å². The Kier molecular flexibility index (Phi) is 2.75. The molecule has 1 aromatic carbocycles. The molecule has 2 saturated carbocycles. The number of benzene rings is 1. The highest BCUT2D eigenvalue weighted by molar-refractivity contribution is 9.10. The zero-order valence-electron chi connectivity index (χ0n) is 9.17. The standard InChI is InChI=1S/C13H13BrF2O/c14-10-5-11(15)9(4-12(10)16)13(17)8-2-6-1-7(6)3-8/h4-8,13,17H,1-3H2. The molecule has 92 valence electrons. The smallest absolute Gasteiger partial charge is 0.137 e. The molecule has 2 fully saturated rings. The molecule has 0 spiro atoms. The maximum Gasteiger partial charge on any atom is 0.137 e. The molecule has 0 aromatic heterocycles. The third-order valence-corrected chi connectivity index (χ3v) is 4.69. The van der Waals surface area contributed by atoms with Gasteiger partial charge in [0.1, 0.15) is 11.6 Å². The highest BCUT2D eigenvalue weighted by Crippen LogP contribution is 2.57. The molecule has 1 N–H and O–H groups in total. The molecule has 0 bridgehead atoms. The lowest BCUT2D eigenvalue weighted by Gasteiger charge is -2.20. The van der Waals surface area contributed by atoms with Gasteiger partial charge in [0, 0.05) is 5.56 Å². The average Bonchev–Trinajstić information content (AvgIpc) is 2.90. The van der Waals surface area contributed by atoms with Crippen LogP contribution in [-0.4, -0.2) is 5.11 Å². The minimum atomic E-state index is -0.870. The number of hydrogen-bond acceptors (Lipinski definition) is 1. The predicted molar refractivity (Wildman–Crippen MR) is 63.3 cm³/mol. The summed E-state index contributed by atoms with van der Waals surface area (Å²) in [6.45, 7) is 0. The van der Waals surface area contributed by atoms with Crippen LogP contribution in [0.5, 0.6) is 0 Å². The van der Waals surface area contributed by atoms with Crippen molar-refractivity contribution >= 4 is 15.9 Å². The van der Waals surface area contributed by atoms with Crippen molar-refractivity contribution in [3.05, 3.63) is 33.8 Å². The molecule has 3 atom stereocenters. The summed E-state index contributed by atoms with van der Waals surface area (Å²) in [5, 5.41) is 10.1. The molecule has 3 rings (SSSR count). The van der Waals surface area contributed by atoms with E-state index in [0.717, 1.165) is 36.8 Å². The van der Waals surface area contributed by atoms with Crippen LogP contribution < -0.4 is 0 Å². The van der Waals surface area contributed by atoms with Gasteiger partial charge in [-0.15, -0.1) is 0 Å². The molecule has 1 aromatic rings. The quantitative estimate of drug-likeness (QED) is 0.824. The Bertz CT molecular complexity index is 453. The van der Waals surface area contributed by atoms with Crippen LogP contribution in [-0.2, 0) is 0 Å². The lowest BCUT2D eigenvalue weighted by molar-refractivity contribution is 0.100. The maximum atomic E-state index is 13.7. The summed E-state index contributed by atoms with van der Waals surface area (Å²) in [5.74, 6) is 0.472. The normalized spacial score (nSPS) is 32.4. The first-order valence-electron chi connectivity index (χ1n) is 5.88. The van der Waals surface area contributed by atoms with E-state index in [0.29, 0.717) is 0 Å². The van der Waals surface area contributed by atoms with Crippen molar-refractivity contribution in [1.82, 2.24) is 0 Å². The van der Waals surface area contributed by atoms with E-state index < -0.39 is 17.7 Å². The van der Waals surface area contributed by atoms with Gasteiger partial charge in [-0.1, -0.05) is 0 Å². The van der Waals surface area contributed by atoms with Gasteiger partial charge in [0.15, 0.2) is 0 Å². The van der Waals surface area contributed by atoms with Crippen LogP contribution in [0.3, 0.4) is 0 Å². The van der Waals surface area contributed by atoms with Crippen molar-refractivity contribution in [3.63, 3.8) is 0 Å². The molecule has 0 saturated heterocycles. The largest absolute Gasteiger partial charge is 0.388 e. The number of halogens is 3. The third kappa shape index (κ3) is 2.02. The minimum Gasteiger partial charge on any atom is -0.388 e. The zero-order chi connectivity index (χ0) is 12.2. The maximum absolute atomic E-state index is 13.7. The Morgan fingerprint density at radius 2 is 1.76 bits per heavy atom. The molecule has 17 heavy (non-hydrogen) atoms. The molecule has 0 aliphatic heterocycles. The van der Waals surface area contributed by atoms with E-state index >= 15 is 0 Å². The molecule has 0 heterocycles. The summed E-state index contributed by atoms with van der Waals surface area (Å²) in [6.07, 6.45) is 2.28. The first kappa shape index (κ1) is 11.6. The van der Waals surface area contributed by atoms with Gasteiger partial charge < -0.3 is 5.11 Å². The van der Waals surface area contributed by atoms with Crippen molar-refractivity contribution in [2.75, 3.05) is 0 Å². The first-order chi connectivity index (χ1) is 8.06. The highest BCUT2D eigenvalue weighted by atomic mass is 79.9. The third-order valence-electron chi connectivity index (χ3n) is 4.08. The fourth-order valence-corrected chi connectivity index (χ4v) is 3.35. The van der Waals surface area contributed by atoms with Gasteiger partial charge in [0.25, 0.3) is 0 Å². The Hall–Kier alpha value is -0.480. The van der Waals surface area contributed by atoms with Crippen LogP contribution in [0.4, 0.5) is 8.78 Å². The van der Waals surface area contributed by atoms with E-state index in [2.05, 4.69) is 15.9 Å². The topological polar surface area (TPSA) is 20.2 Å². The van der Waals surface area contributed by atoms with Gasteiger partial charge in [-0.05, 0) is 65.1 Å². The SMILES string of the molecule is OC(c1cc(F)c(Br)cc1F)C1CC2CC2C1. The van der Waals surface area contributed by atoms with Crippen LogP contribution in [0, 0.1) is 29.4 Å². The monoisotopic (exact) mass is 302 g/mol. The lowest BCUT2D eigenvalue weighted by atomic mass is 9.91. The number of fused-ring (bicyclic) bond motifs is 1. The Morgan fingerprint density at radius 1 is 1.12 bits per heavy atom. The molecule has 2 aliphatic carbocycles. The minimum absolute atomic E-state index is 0.0915. The summed E-state index contributed by atoms with van der Waals surface area (Å²) >= 11 is 2.93. The molecular formula is C13H13BrF2O. The van der Waals surface area contributed by atoms with Gasteiger partial charge in [0.2, 0.25) is 0 Å². The highest BCUT2D eigenvalue weighted by Gasteiger charge is 2.48. The van der Waals surface area contributed by atoms with Gasteiger partial charge in [0.05, 0.1) is 10.6 Å². The Labute approximate surface area is 107 Å². The molecule has 0 radical (unpaired) electrons. The molecule has 3 unspecified atom stereocenters. The second-order valence-corrected chi connectivity index (χ2v) is 6.07. The number of aliphatic hydroxyl groups excluding tert-OH is 1. The fourth-order valence-electron chi connectivity index (χ4n) is 3.04. The van der Waals surface area contributed by atoms with Crippen molar-refractivity contribution in [2.45, 2.75) is 25.4 Å². The Balaban J connectivity index is 1.85. The van der Waals surface area contributed by atoms with E-state index in [1.807, 2.05) is 0 Å². The summed E-state index contributed by atoms with van der Waals surface area (Å²) in [6, 6.07) is 2.19. The summed E-state index contributed by atoms with van der Waals surface area (Å²) < 4.78 is 27.2.